The van der Waals surface area contributed by atoms with Gasteiger partial charge in [0.05, 0.1) is 25.4 Å². The highest BCUT2D eigenvalue weighted by atomic mass is 16.5. The van der Waals surface area contributed by atoms with Gasteiger partial charge in [-0.2, -0.15) is 0 Å². The van der Waals surface area contributed by atoms with Crippen molar-refractivity contribution in [2.75, 3.05) is 26.4 Å². The van der Waals surface area contributed by atoms with Gasteiger partial charge in [-0.3, -0.25) is 0 Å². The minimum Gasteiger partial charge on any atom is -0.463 e. The summed E-state index contributed by atoms with van der Waals surface area (Å²) in [6.07, 6.45) is 40.3. The third kappa shape index (κ3) is 16.1. The molecule has 0 bridgehead atoms. The average Bonchev–Trinajstić information content (AvgIpc) is 3.22. The van der Waals surface area contributed by atoms with E-state index in [1.165, 1.54) is 179 Å². The molecule has 54 heavy (non-hydrogen) atoms. The van der Waals surface area contributed by atoms with Crippen LogP contribution in [0.4, 0.5) is 0 Å². The Bertz CT molecular complexity index is 973. The maximum absolute atomic E-state index is 11.2. The number of hydrogen-bond donors (Lipinski definition) is 0. The van der Waals surface area contributed by atoms with Gasteiger partial charge in [0.15, 0.2) is 0 Å². The van der Waals surface area contributed by atoms with Crippen molar-refractivity contribution in [3.05, 3.63) is 25.3 Å². The lowest BCUT2D eigenvalue weighted by atomic mass is 9.75. The van der Waals surface area contributed by atoms with Crippen LogP contribution in [0, 0.1) is 47.3 Å². The van der Waals surface area contributed by atoms with Gasteiger partial charge in [-0.1, -0.05) is 129 Å². The van der Waals surface area contributed by atoms with E-state index in [1.807, 2.05) is 0 Å². The summed E-state index contributed by atoms with van der Waals surface area (Å²) >= 11 is 0. The van der Waals surface area contributed by atoms with Gasteiger partial charge in [0.25, 0.3) is 0 Å². The molecule has 0 spiro atoms. The summed E-state index contributed by atoms with van der Waals surface area (Å²) in [5.41, 5.74) is 0. The van der Waals surface area contributed by atoms with E-state index in [-0.39, 0.29) is 11.9 Å². The minimum atomic E-state index is -0.293. The third-order valence-corrected chi connectivity index (χ3v) is 14.9. The van der Waals surface area contributed by atoms with Crippen LogP contribution in [0.25, 0.3) is 0 Å². The molecule has 0 radical (unpaired) electrons. The van der Waals surface area contributed by atoms with Gasteiger partial charge in [-0.25, -0.2) is 9.59 Å². The smallest absolute Gasteiger partial charge is 0.330 e. The van der Waals surface area contributed by atoms with E-state index in [2.05, 4.69) is 13.2 Å². The number of carbonyl (C=O) groups is 2. The first-order valence-electron chi connectivity index (χ1n) is 23.3. The van der Waals surface area contributed by atoms with Crippen molar-refractivity contribution in [3.8, 4) is 0 Å². The van der Waals surface area contributed by atoms with Gasteiger partial charge in [-0.15, -0.1) is 0 Å². The Hall–Kier alpha value is -1.66. The zero-order valence-electron chi connectivity index (χ0n) is 34.4. The molecule has 5 rings (SSSR count). The molecule has 5 fully saturated rings. The fourth-order valence-corrected chi connectivity index (χ4v) is 11.1. The van der Waals surface area contributed by atoms with Crippen LogP contribution in [0.3, 0.4) is 0 Å². The summed E-state index contributed by atoms with van der Waals surface area (Å²) in [5.74, 6) is 6.28. The maximum Gasteiger partial charge on any atom is 0.330 e. The number of esters is 2. The molecule has 0 aromatic rings. The molecule has 308 valence electrons. The Kier molecular flexibility index (Phi) is 20.0. The van der Waals surface area contributed by atoms with Crippen molar-refractivity contribution in [1.29, 1.82) is 0 Å². The highest BCUT2D eigenvalue weighted by molar-refractivity contribution is 5.81. The molecule has 0 aliphatic heterocycles. The summed E-state index contributed by atoms with van der Waals surface area (Å²) in [6.45, 7) is 9.93. The average molecular weight is 753 g/mol. The molecule has 0 heterocycles. The number of ether oxygens (including phenoxy) is 4. The zero-order valence-corrected chi connectivity index (χ0v) is 34.4. The van der Waals surface area contributed by atoms with Crippen LogP contribution >= 0.6 is 0 Å². The molecule has 0 N–H and O–H groups in total. The monoisotopic (exact) mass is 753 g/mol. The van der Waals surface area contributed by atoms with Crippen LogP contribution in [-0.2, 0) is 28.5 Å². The van der Waals surface area contributed by atoms with Crippen molar-refractivity contribution < 1.29 is 28.5 Å². The largest absolute Gasteiger partial charge is 0.463 e. The first-order valence-corrected chi connectivity index (χ1v) is 23.3. The van der Waals surface area contributed by atoms with Gasteiger partial charge in [0.2, 0.25) is 0 Å². The molecule has 0 saturated heterocycles. The predicted octanol–water partition coefficient (Wildman–Crippen LogP) is 12.1. The number of rotatable bonds is 22. The Labute approximate surface area is 330 Å². The summed E-state index contributed by atoms with van der Waals surface area (Å²) in [7, 11) is 0. The lowest BCUT2D eigenvalue weighted by molar-refractivity contribution is -0.138. The Morgan fingerprint density at radius 1 is 0.407 bits per heavy atom. The Balaban J connectivity index is 0.860. The van der Waals surface area contributed by atoms with E-state index in [1.54, 1.807) is 0 Å². The van der Waals surface area contributed by atoms with Crippen molar-refractivity contribution in [3.63, 3.8) is 0 Å². The molecular formula is C48H80O6. The lowest BCUT2D eigenvalue weighted by Crippen LogP contribution is -2.37. The summed E-state index contributed by atoms with van der Waals surface area (Å²) in [4.78, 5) is 22.5. The van der Waals surface area contributed by atoms with Crippen LogP contribution in [0.5, 0.6) is 0 Å². The fourth-order valence-electron chi connectivity index (χ4n) is 11.1. The van der Waals surface area contributed by atoms with Gasteiger partial charge >= 0.3 is 11.9 Å². The van der Waals surface area contributed by atoms with Crippen LogP contribution in [0.1, 0.15) is 180 Å². The second-order valence-electron chi connectivity index (χ2n) is 18.8. The van der Waals surface area contributed by atoms with Gasteiger partial charge in [0, 0.05) is 25.4 Å². The first kappa shape index (κ1) is 43.5. The van der Waals surface area contributed by atoms with Crippen molar-refractivity contribution >= 4 is 11.9 Å². The van der Waals surface area contributed by atoms with Crippen LogP contribution in [-0.4, -0.2) is 50.6 Å². The van der Waals surface area contributed by atoms with Crippen LogP contribution in [0.2, 0.25) is 0 Å². The van der Waals surface area contributed by atoms with Gasteiger partial charge in [0.1, 0.15) is 0 Å². The predicted molar refractivity (Wildman–Crippen MR) is 219 cm³/mol. The van der Waals surface area contributed by atoms with E-state index in [0.29, 0.717) is 25.4 Å². The SMILES string of the molecule is C=CC(=O)OCCCC1CCC(CCC2CCC(CO[C@@H]3CCCC[C@H]3OCC3CCC(CCC4CCC(CCCOC(=O)C=C)CC4)CC3)CC2)CC1. The first-order chi connectivity index (χ1) is 26.5. The molecule has 0 amide bonds. The van der Waals surface area contributed by atoms with Crippen molar-refractivity contribution in [2.45, 2.75) is 192 Å². The normalized spacial score (nSPS) is 33.4. The molecule has 2 atom stereocenters. The number of carbonyl (C=O) groups excluding carboxylic acids is 2. The summed E-state index contributed by atoms with van der Waals surface area (Å²) in [6, 6.07) is 0. The summed E-state index contributed by atoms with van der Waals surface area (Å²) < 4.78 is 23.7. The molecule has 0 aromatic carbocycles. The van der Waals surface area contributed by atoms with E-state index in [9.17, 15) is 9.59 Å². The fraction of sp³-hybridized carbons (Fsp3) is 0.875. The quantitative estimate of drug-likeness (QED) is 0.0623. The minimum absolute atomic E-state index is 0.293. The van der Waals surface area contributed by atoms with Crippen molar-refractivity contribution in [1.82, 2.24) is 0 Å². The van der Waals surface area contributed by atoms with Gasteiger partial charge in [-0.05, 0) is 112 Å². The zero-order chi connectivity index (χ0) is 37.8. The molecule has 0 aromatic heterocycles. The van der Waals surface area contributed by atoms with Crippen LogP contribution in [0.15, 0.2) is 25.3 Å². The van der Waals surface area contributed by atoms with Gasteiger partial charge < -0.3 is 18.9 Å². The lowest BCUT2D eigenvalue weighted by Gasteiger charge is -2.36. The molecule has 5 aliphatic rings. The summed E-state index contributed by atoms with van der Waals surface area (Å²) in [5, 5.41) is 0. The second-order valence-corrected chi connectivity index (χ2v) is 18.8. The van der Waals surface area contributed by atoms with E-state index < -0.39 is 0 Å². The van der Waals surface area contributed by atoms with Crippen LogP contribution < -0.4 is 0 Å². The maximum atomic E-state index is 11.2. The Morgan fingerprint density at radius 3 is 0.981 bits per heavy atom. The molecule has 5 aliphatic carbocycles. The topological polar surface area (TPSA) is 71.1 Å². The van der Waals surface area contributed by atoms with Crippen molar-refractivity contribution in [2.24, 2.45) is 47.3 Å². The molecule has 6 nitrogen and oxygen atoms in total. The molecule has 5 saturated carbocycles. The van der Waals surface area contributed by atoms with E-state index >= 15 is 0 Å². The highest BCUT2D eigenvalue weighted by Crippen LogP contribution is 2.40. The number of hydrogen-bond acceptors (Lipinski definition) is 6. The van der Waals surface area contributed by atoms with E-state index in [4.69, 9.17) is 18.9 Å². The van der Waals surface area contributed by atoms with E-state index in [0.717, 1.165) is 73.4 Å². The highest BCUT2D eigenvalue weighted by Gasteiger charge is 2.31. The Morgan fingerprint density at radius 2 is 0.685 bits per heavy atom. The molecule has 0 unspecified atom stereocenters. The molecule has 6 heteroatoms. The standard InChI is InChI=1S/C48H80O6/c1-3-47(49)51-33-7-9-37-13-17-39(18-14-37)21-23-41-25-29-43(30-26-41)35-53-45-11-5-6-12-46(45)54-36-44-31-27-42(28-32-44)24-22-40-19-15-38(16-20-40)10-8-34-52-48(50)4-2/h3-4,37-46H,1-2,5-36H2/t37?,38?,39?,40?,41?,42?,43?,44?,45-,46-/m1/s1. The third-order valence-electron chi connectivity index (χ3n) is 14.9. The second kappa shape index (κ2) is 24.9. The molecular weight excluding hydrogens is 673 g/mol.